The third-order valence-corrected chi connectivity index (χ3v) is 3.61. The average Bonchev–Trinajstić information content (AvgIpc) is 3.01. The minimum atomic E-state index is 0.0825. The van der Waals surface area contributed by atoms with Crippen LogP contribution in [0.2, 0.25) is 0 Å². The Kier molecular flexibility index (Phi) is 2.81. The number of nitrogens with zero attached hydrogens (tertiary/aromatic N) is 4. The van der Waals surface area contributed by atoms with Gasteiger partial charge in [0, 0.05) is 24.7 Å². The molecular formula is C14H16N4O. The van der Waals surface area contributed by atoms with Gasteiger partial charge in [-0.05, 0) is 31.6 Å². The van der Waals surface area contributed by atoms with Crippen molar-refractivity contribution in [2.75, 3.05) is 18.1 Å². The molecule has 5 heteroatoms. The number of amides is 1. The summed E-state index contributed by atoms with van der Waals surface area (Å²) in [5, 5.41) is 6.38. The molecule has 19 heavy (non-hydrogen) atoms. The van der Waals surface area contributed by atoms with Gasteiger partial charge in [0.1, 0.15) is 11.7 Å². The van der Waals surface area contributed by atoms with E-state index in [4.69, 9.17) is 0 Å². The molecular weight excluding hydrogens is 240 g/mol. The fourth-order valence-corrected chi connectivity index (χ4v) is 2.33. The summed E-state index contributed by atoms with van der Waals surface area (Å²) in [6.07, 6.45) is 2.53. The van der Waals surface area contributed by atoms with E-state index in [-0.39, 0.29) is 5.91 Å². The van der Waals surface area contributed by atoms with E-state index in [0.29, 0.717) is 6.54 Å². The van der Waals surface area contributed by atoms with Crippen molar-refractivity contribution in [2.45, 2.75) is 20.3 Å². The third kappa shape index (κ3) is 2.01. The first-order chi connectivity index (χ1) is 9.16. The maximum absolute atomic E-state index is 12.1. The van der Waals surface area contributed by atoms with E-state index in [2.05, 4.69) is 10.1 Å². The highest BCUT2D eigenvalue weighted by molar-refractivity contribution is 6.09. The Hall–Kier alpha value is -2.17. The van der Waals surface area contributed by atoms with E-state index in [1.165, 1.54) is 0 Å². The molecule has 3 heterocycles. The number of aromatic nitrogens is 1. The zero-order valence-corrected chi connectivity index (χ0v) is 11.1. The van der Waals surface area contributed by atoms with Crippen LogP contribution >= 0.6 is 0 Å². The van der Waals surface area contributed by atoms with Crippen LogP contribution in [0.4, 0.5) is 5.82 Å². The fourth-order valence-electron chi connectivity index (χ4n) is 2.33. The lowest BCUT2D eigenvalue weighted by Gasteiger charge is -2.15. The van der Waals surface area contributed by atoms with Crippen LogP contribution in [0.1, 0.15) is 20.3 Å². The van der Waals surface area contributed by atoms with Crippen molar-refractivity contribution >= 4 is 17.6 Å². The van der Waals surface area contributed by atoms with Gasteiger partial charge in [-0.25, -0.2) is 9.99 Å². The average molecular weight is 256 g/mol. The van der Waals surface area contributed by atoms with Gasteiger partial charge in [0.05, 0.1) is 6.54 Å². The Labute approximate surface area is 112 Å². The number of hydrogen-bond acceptors (Lipinski definition) is 4. The minimum absolute atomic E-state index is 0.0825. The summed E-state index contributed by atoms with van der Waals surface area (Å²) < 4.78 is 0. The molecule has 0 unspecified atom stereocenters. The summed E-state index contributed by atoms with van der Waals surface area (Å²) in [7, 11) is 0. The summed E-state index contributed by atoms with van der Waals surface area (Å²) in [6.45, 7) is 5.32. The lowest BCUT2D eigenvalue weighted by atomic mass is 10.2. The van der Waals surface area contributed by atoms with Gasteiger partial charge in [-0.2, -0.15) is 5.10 Å². The van der Waals surface area contributed by atoms with E-state index >= 15 is 0 Å². The van der Waals surface area contributed by atoms with Crippen molar-refractivity contribution in [3.8, 4) is 0 Å². The summed E-state index contributed by atoms with van der Waals surface area (Å²) in [5.41, 5.74) is 1.97. The zero-order valence-electron chi connectivity index (χ0n) is 11.1. The molecule has 0 bridgehead atoms. The van der Waals surface area contributed by atoms with E-state index in [9.17, 15) is 4.79 Å². The monoisotopic (exact) mass is 256 g/mol. The first-order valence-electron chi connectivity index (χ1n) is 6.41. The molecule has 1 amide bonds. The van der Waals surface area contributed by atoms with Crippen LogP contribution in [0, 0.1) is 0 Å². The van der Waals surface area contributed by atoms with Crippen molar-refractivity contribution in [2.24, 2.45) is 5.10 Å². The summed E-state index contributed by atoms with van der Waals surface area (Å²) in [6, 6.07) is 5.74. The molecule has 0 aromatic carbocycles. The zero-order chi connectivity index (χ0) is 13.4. The molecule has 0 saturated carbocycles. The summed E-state index contributed by atoms with van der Waals surface area (Å²) in [5.74, 6) is 1.75. The second-order valence-corrected chi connectivity index (χ2v) is 4.87. The molecule has 0 N–H and O–H groups in total. The molecule has 1 aromatic rings. The predicted octanol–water partition coefficient (Wildman–Crippen LogP) is 1.78. The van der Waals surface area contributed by atoms with Crippen molar-refractivity contribution in [3.63, 3.8) is 0 Å². The Morgan fingerprint density at radius 2 is 2.11 bits per heavy atom. The van der Waals surface area contributed by atoms with Gasteiger partial charge in [0.15, 0.2) is 0 Å². The molecule has 1 aromatic heterocycles. The predicted molar refractivity (Wildman–Crippen MR) is 73.7 cm³/mol. The molecule has 0 fully saturated rings. The van der Waals surface area contributed by atoms with Crippen molar-refractivity contribution in [1.29, 1.82) is 0 Å². The van der Waals surface area contributed by atoms with Crippen LogP contribution in [-0.4, -0.2) is 34.7 Å². The Morgan fingerprint density at radius 1 is 1.26 bits per heavy atom. The van der Waals surface area contributed by atoms with Crippen molar-refractivity contribution < 1.29 is 4.79 Å². The van der Waals surface area contributed by atoms with Gasteiger partial charge in [-0.1, -0.05) is 6.07 Å². The van der Waals surface area contributed by atoms with Crippen molar-refractivity contribution in [3.05, 3.63) is 35.5 Å². The van der Waals surface area contributed by atoms with Gasteiger partial charge >= 0.3 is 0 Å². The second-order valence-electron chi connectivity index (χ2n) is 4.87. The lowest BCUT2D eigenvalue weighted by Crippen LogP contribution is -2.32. The molecule has 0 atom stereocenters. The van der Waals surface area contributed by atoms with Gasteiger partial charge < -0.3 is 0 Å². The standard InChI is InChI=1S/C14H16N4O/c1-10-9-17(14(19)11(10)2)13-6-8-18(16-13)12-5-3-4-7-15-12/h3-5,7H,6,8-9H2,1-2H3. The number of anilines is 1. The fraction of sp³-hybridized carbons (Fsp3) is 0.357. The first-order valence-corrected chi connectivity index (χ1v) is 6.41. The molecule has 0 spiro atoms. The Bertz CT molecular complexity index is 576. The molecule has 2 aliphatic rings. The van der Waals surface area contributed by atoms with Crippen LogP contribution < -0.4 is 5.01 Å². The van der Waals surface area contributed by atoms with E-state index in [0.717, 1.165) is 35.8 Å². The molecule has 0 saturated heterocycles. The Morgan fingerprint density at radius 3 is 2.74 bits per heavy atom. The first kappa shape index (κ1) is 11.9. The lowest BCUT2D eigenvalue weighted by molar-refractivity contribution is -0.122. The number of carbonyl (C=O) groups is 1. The maximum Gasteiger partial charge on any atom is 0.255 e. The van der Waals surface area contributed by atoms with Gasteiger partial charge in [0.25, 0.3) is 5.91 Å². The number of pyridine rings is 1. The normalized spacial score (nSPS) is 19.5. The van der Waals surface area contributed by atoms with Crippen LogP contribution in [0.3, 0.4) is 0 Å². The van der Waals surface area contributed by atoms with Crippen LogP contribution in [-0.2, 0) is 4.79 Å². The topological polar surface area (TPSA) is 48.8 Å². The highest BCUT2D eigenvalue weighted by atomic mass is 16.2. The molecule has 3 rings (SSSR count). The number of hydrogen-bond donors (Lipinski definition) is 0. The maximum atomic E-state index is 12.1. The quantitative estimate of drug-likeness (QED) is 0.769. The van der Waals surface area contributed by atoms with E-state index in [1.54, 1.807) is 11.1 Å². The van der Waals surface area contributed by atoms with Gasteiger partial charge in [-0.15, -0.1) is 0 Å². The molecule has 0 aliphatic carbocycles. The highest BCUT2D eigenvalue weighted by Crippen LogP contribution is 2.23. The summed E-state index contributed by atoms with van der Waals surface area (Å²) >= 11 is 0. The number of carbonyl (C=O) groups excluding carboxylic acids is 1. The Balaban J connectivity index is 1.80. The van der Waals surface area contributed by atoms with Crippen molar-refractivity contribution in [1.82, 2.24) is 9.88 Å². The smallest absolute Gasteiger partial charge is 0.255 e. The van der Waals surface area contributed by atoms with Crippen LogP contribution in [0.5, 0.6) is 0 Å². The molecule has 5 nitrogen and oxygen atoms in total. The van der Waals surface area contributed by atoms with E-state index < -0.39 is 0 Å². The van der Waals surface area contributed by atoms with Crippen LogP contribution in [0.25, 0.3) is 0 Å². The number of rotatable bonds is 1. The van der Waals surface area contributed by atoms with Gasteiger partial charge in [0.2, 0.25) is 0 Å². The third-order valence-electron chi connectivity index (χ3n) is 3.61. The molecule has 0 radical (unpaired) electrons. The number of amidine groups is 1. The summed E-state index contributed by atoms with van der Waals surface area (Å²) in [4.78, 5) is 18.1. The highest BCUT2D eigenvalue weighted by Gasteiger charge is 2.31. The minimum Gasteiger partial charge on any atom is -0.291 e. The molecule has 98 valence electrons. The number of hydrazone groups is 1. The van der Waals surface area contributed by atoms with Crippen LogP contribution in [0.15, 0.2) is 40.6 Å². The SMILES string of the molecule is CC1=C(C)C(=O)N(C2=NN(c3ccccn3)CC2)C1. The second kappa shape index (κ2) is 4.50. The van der Waals surface area contributed by atoms with Gasteiger partial charge in [-0.3, -0.25) is 9.69 Å². The largest absolute Gasteiger partial charge is 0.291 e. The van der Waals surface area contributed by atoms with E-state index in [1.807, 2.05) is 37.1 Å². The molecule has 2 aliphatic heterocycles.